The van der Waals surface area contributed by atoms with Gasteiger partial charge in [0.25, 0.3) is 0 Å². The third-order valence-corrected chi connectivity index (χ3v) is 4.70. The van der Waals surface area contributed by atoms with Crippen molar-refractivity contribution in [3.63, 3.8) is 0 Å². The molecule has 3 rings (SSSR count). The van der Waals surface area contributed by atoms with E-state index in [0.717, 1.165) is 42.2 Å². The summed E-state index contributed by atoms with van der Waals surface area (Å²) in [6.07, 6.45) is 1.84. The molecule has 1 N–H and O–H groups in total. The lowest BCUT2D eigenvalue weighted by Crippen LogP contribution is -2.47. The van der Waals surface area contributed by atoms with E-state index < -0.39 is 5.97 Å². The van der Waals surface area contributed by atoms with Gasteiger partial charge in [-0.2, -0.15) is 0 Å². The summed E-state index contributed by atoms with van der Waals surface area (Å²) in [5, 5.41) is 9.87. The molecule has 0 amide bonds. The number of carboxylic acids is 1. The maximum Gasteiger partial charge on any atom is 0.304 e. The van der Waals surface area contributed by atoms with Crippen molar-refractivity contribution < 1.29 is 9.90 Å². The van der Waals surface area contributed by atoms with E-state index in [1.54, 1.807) is 17.7 Å². The predicted octanol–water partition coefficient (Wildman–Crippen LogP) is 1.60. The van der Waals surface area contributed by atoms with Crippen LogP contribution in [0.2, 0.25) is 0 Å². The van der Waals surface area contributed by atoms with E-state index in [1.807, 2.05) is 0 Å². The number of anilines is 1. The van der Waals surface area contributed by atoms with Crippen LogP contribution in [0.25, 0.3) is 10.2 Å². The normalized spacial score (nSPS) is 16.5. The molecule has 7 heteroatoms. The van der Waals surface area contributed by atoms with E-state index in [4.69, 9.17) is 5.11 Å². The second-order valence-electron chi connectivity index (χ2n) is 5.25. The minimum absolute atomic E-state index is 0.210. The van der Waals surface area contributed by atoms with Crippen molar-refractivity contribution in [3.8, 4) is 0 Å². The summed E-state index contributed by atoms with van der Waals surface area (Å²) in [4.78, 5) is 26.1. The lowest BCUT2D eigenvalue weighted by molar-refractivity contribution is -0.137. The Hall–Kier alpha value is -1.73. The number of thiophene rings is 1. The van der Waals surface area contributed by atoms with Gasteiger partial charge in [-0.05, 0) is 13.0 Å². The maximum absolute atomic E-state index is 10.6. The number of carbonyl (C=O) groups is 1. The second-order valence-corrected chi connectivity index (χ2v) is 6.48. The molecule has 0 unspecified atom stereocenters. The fraction of sp³-hybridized carbons (Fsp3) is 0.500. The minimum atomic E-state index is -0.733. The van der Waals surface area contributed by atoms with Crippen LogP contribution in [-0.2, 0) is 4.79 Å². The van der Waals surface area contributed by atoms with Gasteiger partial charge in [-0.3, -0.25) is 9.69 Å². The van der Waals surface area contributed by atoms with Crippen LogP contribution in [0.3, 0.4) is 0 Å². The topological polar surface area (TPSA) is 69.6 Å². The summed E-state index contributed by atoms with van der Waals surface area (Å²) in [6.45, 7) is 6.21. The molecule has 0 aliphatic carbocycles. The zero-order valence-electron chi connectivity index (χ0n) is 11.9. The highest BCUT2D eigenvalue weighted by atomic mass is 32.1. The van der Waals surface area contributed by atoms with Crippen molar-refractivity contribution in [2.24, 2.45) is 0 Å². The average molecular weight is 306 g/mol. The summed E-state index contributed by atoms with van der Waals surface area (Å²) < 4.78 is 0. The van der Waals surface area contributed by atoms with E-state index >= 15 is 0 Å². The van der Waals surface area contributed by atoms with Gasteiger partial charge in [0.05, 0.1) is 11.8 Å². The summed E-state index contributed by atoms with van der Waals surface area (Å²) in [5.74, 6) is 0.269. The first-order chi connectivity index (χ1) is 10.1. The molecule has 3 heterocycles. The van der Waals surface area contributed by atoms with E-state index in [1.165, 1.54) is 4.88 Å². The number of piperazine rings is 1. The van der Waals surface area contributed by atoms with Crippen molar-refractivity contribution in [1.29, 1.82) is 0 Å². The van der Waals surface area contributed by atoms with Gasteiger partial charge in [-0.1, -0.05) is 0 Å². The highest BCUT2D eigenvalue weighted by Crippen LogP contribution is 2.30. The van der Waals surface area contributed by atoms with Crippen LogP contribution < -0.4 is 4.90 Å². The van der Waals surface area contributed by atoms with E-state index in [2.05, 4.69) is 32.8 Å². The van der Waals surface area contributed by atoms with Gasteiger partial charge in [0.15, 0.2) is 0 Å². The van der Waals surface area contributed by atoms with Gasteiger partial charge in [0, 0.05) is 37.6 Å². The summed E-state index contributed by atoms with van der Waals surface area (Å²) in [6, 6.07) is 2.14. The molecule has 0 atom stereocenters. The number of aryl methyl sites for hydroxylation is 1. The lowest BCUT2D eigenvalue weighted by Gasteiger charge is -2.35. The molecule has 1 aliphatic heterocycles. The van der Waals surface area contributed by atoms with Gasteiger partial charge >= 0.3 is 5.97 Å². The Bertz CT molecular complexity index is 649. The number of hydrogen-bond donors (Lipinski definition) is 1. The molecule has 0 aromatic carbocycles. The third-order valence-electron chi connectivity index (χ3n) is 3.75. The predicted molar refractivity (Wildman–Crippen MR) is 83.1 cm³/mol. The Labute approximate surface area is 127 Å². The van der Waals surface area contributed by atoms with Crippen molar-refractivity contribution in [3.05, 3.63) is 17.3 Å². The molecule has 1 fully saturated rings. The average Bonchev–Trinajstić information content (AvgIpc) is 2.85. The standard InChI is InChI=1S/C14H18N4O2S/c1-10-8-11-13(15-9-16-14(11)21-10)18-6-4-17(5-7-18)3-2-12(19)20/h8-9H,2-7H2,1H3,(H,19,20). The van der Waals surface area contributed by atoms with Crippen LogP contribution in [0.4, 0.5) is 5.82 Å². The Morgan fingerprint density at radius 3 is 2.81 bits per heavy atom. The Morgan fingerprint density at radius 2 is 2.10 bits per heavy atom. The molecule has 6 nitrogen and oxygen atoms in total. The largest absolute Gasteiger partial charge is 0.481 e. The lowest BCUT2D eigenvalue weighted by atomic mass is 10.2. The fourth-order valence-electron chi connectivity index (χ4n) is 2.65. The van der Waals surface area contributed by atoms with Gasteiger partial charge in [0.2, 0.25) is 0 Å². The van der Waals surface area contributed by atoms with Gasteiger partial charge in [-0.25, -0.2) is 9.97 Å². The molecular weight excluding hydrogens is 288 g/mol. The fourth-order valence-corrected chi connectivity index (χ4v) is 3.49. The van der Waals surface area contributed by atoms with Crippen LogP contribution in [0, 0.1) is 6.92 Å². The van der Waals surface area contributed by atoms with Gasteiger partial charge in [-0.15, -0.1) is 11.3 Å². The number of nitrogens with zero attached hydrogens (tertiary/aromatic N) is 4. The Balaban J connectivity index is 1.69. The molecule has 0 bridgehead atoms. The quantitative estimate of drug-likeness (QED) is 0.925. The summed E-state index contributed by atoms with van der Waals surface area (Å²) >= 11 is 1.69. The van der Waals surface area contributed by atoms with Crippen LogP contribution in [0.1, 0.15) is 11.3 Å². The molecule has 1 aliphatic rings. The van der Waals surface area contributed by atoms with Crippen molar-refractivity contribution >= 4 is 33.3 Å². The molecule has 2 aromatic heterocycles. The first-order valence-corrected chi connectivity index (χ1v) is 7.85. The van der Waals surface area contributed by atoms with Crippen molar-refractivity contribution in [2.45, 2.75) is 13.3 Å². The molecule has 2 aromatic rings. The van der Waals surface area contributed by atoms with Gasteiger partial charge in [0.1, 0.15) is 17.0 Å². The highest BCUT2D eigenvalue weighted by molar-refractivity contribution is 7.18. The first-order valence-electron chi connectivity index (χ1n) is 7.04. The SMILES string of the molecule is Cc1cc2c(N3CCN(CCC(=O)O)CC3)ncnc2s1. The molecule has 21 heavy (non-hydrogen) atoms. The van der Waals surface area contributed by atoms with Crippen LogP contribution in [0.15, 0.2) is 12.4 Å². The molecule has 112 valence electrons. The smallest absolute Gasteiger partial charge is 0.304 e. The minimum Gasteiger partial charge on any atom is -0.481 e. The van der Waals surface area contributed by atoms with Crippen LogP contribution in [0.5, 0.6) is 0 Å². The number of aliphatic carboxylic acids is 1. The number of hydrogen-bond acceptors (Lipinski definition) is 6. The highest BCUT2D eigenvalue weighted by Gasteiger charge is 2.20. The number of aromatic nitrogens is 2. The monoisotopic (exact) mass is 306 g/mol. The third kappa shape index (κ3) is 3.14. The van der Waals surface area contributed by atoms with E-state index in [-0.39, 0.29) is 6.42 Å². The number of fused-ring (bicyclic) bond motifs is 1. The maximum atomic E-state index is 10.6. The summed E-state index contributed by atoms with van der Waals surface area (Å²) in [5.41, 5.74) is 0. The molecule has 0 radical (unpaired) electrons. The van der Waals surface area contributed by atoms with Gasteiger partial charge < -0.3 is 10.0 Å². The van der Waals surface area contributed by atoms with E-state index in [0.29, 0.717) is 6.54 Å². The first kappa shape index (κ1) is 14.2. The second kappa shape index (κ2) is 5.95. The molecule has 0 saturated carbocycles. The number of rotatable bonds is 4. The van der Waals surface area contributed by atoms with Crippen molar-refractivity contribution in [2.75, 3.05) is 37.6 Å². The zero-order valence-corrected chi connectivity index (χ0v) is 12.8. The zero-order chi connectivity index (χ0) is 14.8. The molecule has 0 spiro atoms. The Morgan fingerprint density at radius 1 is 1.33 bits per heavy atom. The Kier molecular flexibility index (Phi) is 4.03. The van der Waals surface area contributed by atoms with Crippen molar-refractivity contribution in [1.82, 2.24) is 14.9 Å². The molecular formula is C14H18N4O2S. The van der Waals surface area contributed by atoms with E-state index in [9.17, 15) is 4.79 Å². The van der Waals surface area contributed by atoms with Crippen LogP contribution >= 0.6 is 11.3 Å². The summed E-state index contributed by atoms with van der Waals surface area (Å²) in [7, 11) is 0. The number of carboxylic acid groups (broad SMARTS) is 1. The molecule has 1 saturated heterocycles. The van der Waals surface area contributed by atoms with Crippen LogP contribution in [-0.4, -0.2) is 58.7 Å².